The van der Waals surface area contributed by atoms with Crippen LogP contribution in [0.15, 0.2) is 0 Å². The fourth-order valence-corrected chi connectivity index (χ4v) is 2.68. The second-order valence-electron chi connectivity index (χ2n) is 5.40. The minimum Gasteiger partial charge on any atom is -0.370 e. The van der Waals surface area contributed by atoms with Gasteiger partial charge in [0.05, 0.1) is 12.5 Å². The molecule has 2 amide bonds. The summed E-state index contributed by atoms with van der Waals surface area (Å²) in [6, 6.07) is -0.639. The Morgan fingerprint density at radius 3 is 2.17 bits per heavy atom. The van der Waals surface area contributed by atoms with E-state index in [9.17, 15) is 9.59 Å². The highest BCUT2D eigenvalue weighted by atomic mass is 35.5. The first kappa shape index (κ1) is 17.2. The molecule has 0 spiro atoms. The van der Waals surface area contributed by atoms with E-state index in [2.05, 4.69) is 19.2 Å². The largest absolute Gasteiger partial charge is 0.370 e. The summed E-state index contributed by atoms with van der Waals surface area (Å²) >= 11 is 0. The Kier molecular flexibility index (Phi) is 7.25. The minimum atomic E-state index is -0.819. The molecule has 3 atom stereocenters. The molecule has 1 fully saturated rings. The Hall–Kier alpha value is -0.810. The van der Waals surface area contributed by atoms with Gasteiger partial charge in [-0.3, -0.25) is 9.59 Å². The minimum absolute atomic E-state index is 0. The topological polar surface area (TPSA) is 98.2 Å². The third kappa shape index (κ3) is 5.69. The fraction of sp³-hybridized carbons (Fsp3) is 0.833. The van der Waals surface area contributed by atoms with Crippen LogP contribution in [0.4, 0.5) is 0 Å². The van der Waals surface area contributed by atoms with Gasteiger partial charge in [-0.2, -0.15) is 0 Å². The van der Waals surface area contributed by atoms with Crippen LogP contribution in [0.1, 0.15) is 39.5 Å². The van der Waals surface area contributed by atoms with E-state index in [1.807, 2.05) is 0 Å². The normalized spacial score (nSPS) is 28.9. The lowest BCUT2D eigenvalue weighted by Crippen LogP contribution is -2.48. The molecule has 6 heteroatoms. The number of halogens is 1. The number of nitrogens with one attached hydrogen (secondary N) is 1. The van der Waals surface area contributed by atoms with E-state index in [1.54, 1.807) is 0 Å². The summed E-state index contributed by atoms with van der Waals surface area (Å²) in [6.07, 6.45) is 3.09. The number of rotatable bonds is 4. The van der Waals surface area contributed by atoms with E-state index < -0.39 is 11.9 Å². The fourth-order valence-electron chi connectivity index (χ4n) is 2.68. The molecule has 0 aromatic heterocycles. The van der Waals surface area contributed by atoms with Crippen molar-refractivity contribution < 1.29 is 9.59 Å². The van der Waals surface area contributed by atoms with Crippen LogP contribution in [-0.4, -0.2) is 23.9 Å². The quantitative estimate of drug-likeness (QED) is 0.700. The summed E-state index contributed by atoms with van der Waals surface area (Å²) in [6.45, 7) is 4.39. The highest BCUT2D eigenvalue weighted by molar-refractivity contribution is 5.87. The Balaban J connectivity index is 0.00000289. The molecule has 3 unspecified atom stereocenters. The van der Waals surface area contributed by atoms with E-state index in [-0.39, 0.29) is 30.8 Å². The van der Waals surface area contributed by atoms with E-state index in [0.717, 1.165) is 12.8 Å². The van der Waals surface area contributed by atoms with Crippen molar-refractivity contribution in [1.82, 2.24) is 5.32 Å². The van der Waals surface area contributed by atoms with Crippen LogP contribution >= 0.6 is 12.4 Å². The Bertz CT molecular complexity index is 289. The number of carbonyl (C=O) groups excluding carboxylic acids is 2. The van der Waals surface area contributed by atoms with Gasteiger partial charge in [0.15, 0.2) is 0 Å². The molecule has 106 valence electrons. The van der Waals surface area contributed by atoms with Crippen molar-refractivity contribution in [3.8, 4) is 0 Å². The van der Waals surface area contributed by atoms with Gasteiger partial charge in [0, 0.05) is 6.04 Å². The molecule has 1 aliphatic rings. The molecule has 0 aromatic carbocycles. The Morgan fingerprint density at radius 1 is 1.22 bits per heavy atom. The number of primary amides is 1. The number of nitrogens with two attached hydrogens (primary N) is 2. The lowest BCUT2D eigenvalue weighted by atomic mass is 9.80. The molecule has 1 aliphatic carbocycles. The average molecular weight is 278 g/mol. The first-order valence-electron chi connectivity index (χ1n) is 6.22. The summed E-state index contributed by atoms with van der Waals surface area (Å²) in [5, 5.41) is 2.91. The van der Waals surface area contributed by atoms with Crippen LogP contribution in [0, 0.1) is 11.8 Å². The third-order valence-electron chi connectivity index (χ3n) is 3.28. The van der Waals surface area contributed by atoms with Gasteiger partial charge < -0.3 is 16.8 Å². The highest BCUT2D eigenvalue weighted by Crippen LogP contribution is 2.28. The smallest absolute Gasteiger partial charge is 0.237 e. The average Bonchev–Trinajstić information content (AvgIpc) is 2.14. The summed E-state index contributed by atoms with van der Waals surface area (Å²) in [7, 11) is 0. The molecule has 5 nitrogen and oxygen atoms in total. The van der Waals surface area contributed by atoms with Gasteiger partial charge in [-0.1, -0.05) is 13.8 Å². The van der Waals surface area contributed by atoms with Crippen molar-refractivity contribution >= 4 is 24.2 Å². The number of hydrogen-bond acceptors (Lipinski definition) is 3. The van der Waals surface area contributed by atoms with Crippen molar-refractivity contribution in [2.45, 2.75) is 51.6 Å². The van der Waals surface area contributed by atoms with Crippen molar-refractivity contribution in [2.75, 3.05) is 0 Å². The molecule has 1 rings (SSSR count). The molecule has 0 saturated heterocycles. The van der Waals surface area contributed by atoms with Crippen LogP contribution < -0.4 is 16.8 Å². The summed E-state index contributed by atoms with van der Waals surface area (Å²) in [5.74, 6) is 0.431. The zero-order valence-corrected chi connectivity index (χ0v) is 11.8. The van der Waals surface area contributed by atoms with Crippen molar-refractivity contribution in [3.05, 3.63) is 0 Å². The molecule has 18 heavy (non-hydrogen) atoms. The number of hydrogen-bond donors (Lipinski definition) is 3. The molecule has 0 aliphatic heterocycles. The predicted octanol–water partition coefficient (Wildman–Crippen LogP) is 0.552. The molecule has 0 radical (unpaired) electrons. The first-order chi connectivity index (χ1) is 7.88. The molecule has 5 N–H and O–H groups in total. The SMILES string of the molecule is CC1CC(C)CC(NC(=O)C(N)CC(N)=O)C1.Cl. The van der Waals surface area contributed by atoms with Crippen LogP contribution in [0.3, 0.4) is 0 Å². The zero-order valence-electron chi connectivity index (χ0n) is 11.0. The summed E-state index contributed by atoms with van der Waals surface area (Å²) < 4.78 is 0. The summed E-state index contributed by atoms with van der Waals surface area (Å²) in [4.78, 5) is 22.4. The Morgan fingerprint density at radius 2 is 1.72 bits per heavy atom. The number of amides is 2. The van der Waals surface area contributed by atoms with Gasteiger partial charge in [0.1, 0.15) is 0 Å². The van der Waals surface area contributed by atoms with Gasteiger partial charge in [-0.25, -0.2) is 0 Å². The van der Waals surface area contributed by atoms with Crippen molar-refractivity contribution in [1.29, 1.82) is 0 Å². The molecule has 0 aromatic rings. The monoisotopic (exact) mass is 277 g/mol. The molecular formula is C12H24ClN3O2. The van der Waals surface area contributed by atoms with Crippen LogP contribution in [0.25, 0.3) is 0 Å². The van der Waals surface area contributed by atoms with Crippen LogP contribution in [0.2, 0.25) is 0 Å². The second kappa shape index (κ2) is 7.59. The van der Waals surface area contributed by atoms with Gasteiger partial charge in [-0.15, -0.1) is 12.4 Å². The lowest BCUT2D eigenvalue weighted by Gasteiger charge is -2.32. The van der Waals surface area contributed by atoms with E-state index in [1.165, 1.54) is 6.42 Å². The maximum absolute atomic E-state index is 11.7. The molecule has 1 saturated carbocycles. The predicted molar refractivity (Wildman–Crippen MR) is 73.1 cm³/mol. The highest BCUT2D eigenvalue weighted by Gasteiger charge is 2.26. The zero-order chi connectivity index (χ0) is 13.0. The van der Waals surface area contributed by atoms with Gasteiger partial charge >= 0.3 is 0 Å². The van der Waals surface area contributed by atoms with Gasteiger partial charge in [0.25, 0.3) is 0 Å². The van der Waals surface area contributed by atoms with E-state index in [4.69, 9.17) is 11.5 Å². The Labute approximate surface area is 114 Å². The van der Waals surface area contributed by atoms with E-state index >= 15 is 0 Å². The van der Waals surface area contributed by atoms with Gasteiger partial charge in [0.2, 0.25) is 11.8 Å². The standard InChI is InChI=1S/C12H23N3O2.ClH/c1-7-3-8(2)5-9(4-7)15-12(17)10(13)6-11(14)16;/h7-10H,3-6,13H2,1-2H3,(H2,14,16)(H,15,17);1H. The first-order valence-corrected chi connectivity index (χ1v) is 6.22. The maximum Gasteiger partial charge on any atom is 0.237 e. The van der Waals surface area contributed by atoms with Crippen LogP contribution in [0.5, 0.6) is 0 Å². The molecule has 0 bridgehead atoms. The molecular weight excluding hydrogens is 254 g/mol. The van der Waals surface area contributed by atoms with Crippen molar-refractivity contribution in [2.24, 2.45) is 23.3 Å². The lowest BCUT2D eigenvalue weighted by molar-refractivity contribution is -0.127. The van der Waals surface area contributed by atoms with Crippen LogP contribution in [-0.2, 0) is 9.59 Å². The molecule has 0 heterocycles. The second-order valence-corrected chi connectivity index (χ2v) is 5.40. The summed E-state index contributed by atoms with van der Waals surface area (Å²) in [5.41, 5.74) is 10.6. The maximum atomic E-state index is 11.7. The van der Waals surface area contributed by atoms with Crippen molar-refractivity contribution in [3.63, 3.8) is 0 Å². The number of carbonyl (C=O) groups is 2. The third-order valence-corrected chi connectivity index (χ3v) is 3.28. The van der Waals surface area contributed by atoms with E-state index in [0.29, 0.717) is 11.8 Å². The van der Waals surface area contributed by atoms with Gasteiger partial charge in [-0.05, 0) is 31.1 Å².